The van der Waals surface area contributed by atoms with E-state index < -0.39 is 5.60 Å². The van der Waals surface area contributed by atoms with Crippen LogP contribution in [-0.4, -0.2) is 47.8 Å². The molecule has 1 aliphatic heterocycles. The molecule has 0 saturated carbocycles. The summed E-state index contributed by atoms with van der Waals surface area (Å²) in [7, 11) is 0. The van der Waals surface area contributed by atoms with E-state index in [1.54, 1.807) is 0 Å². The molecule has 4 heteroatoms. The van der Waals surface area contributed by atoms with Crippen molar-refractivity contribution in [2.45, 2.75) is 52.1 Å². The van der Waals surface area contributed by atoms with E-state index in [0.29, 0.717) is 12.3 Å². The Hall–Kier alpha value is -1.39. The normalized spacial score (nSPS) is 16.4. The number of hydrogen-bond acceptors (Lipinski definition) is 3. The van der Waals surface area contributed by atoms with E-state index in [9.17, 15) is 9.90 Å². The maximum Gasteiger partial charge on any atom is 0.253 e. The zero-order valence-corrected chi connectivity index (χ0v) is 15.3. The number of rotatable bonds is 7. The van der Waals surface area contributed by atoms with E-state index in [4.69, 9.17) is 4.74 Å². The number of nitrogens with zero attached hydrogens (tertiary/aromatic N) is 1. The molecule has 1 aliphatic rings. The summed E-state index contributed by atoms with van der Waals surface area (Å²) in [4.78, 5) is 14.7. The lowest BCUT2D eigenvalue weighted by Crippen LogP contribution is -2.39. The molecule has 0 aliphatic carbocycles. The molecule has 0 bridgehead atoms. The van der Waals surface area contributed by atoms with Gasteiger partial charge in [-0.25, -0.2) is 0 Å². The van der Waals surface area contributed by atoms with Crippen LogP contribution in [0.1, 0.15) is 56.0 Å². The Bertz CT molecular complexity index is 528. The van der Waals surface area contributed by atoms with Crippen LogP contribution in [0.3, 0.4) is 0 Å². The minimum absolute atomic E-state index is 0.120. The molecule has 1 aromatic rings. The van der Waals surface area contributed by atoms with Crippen molar-refractivity contribution >= 4 is 5.91 Å². The van der Waals surface area contributed by atoms with Gasteiger partial charge in [0.05, 0.1) is 5.60 Å². The minimum Gasteiger partial charge on any atom is -0.390 e. The molecule has 1 heterocycles. The molecule has 1 fully saturated rings. The second kappa shape index (κ2) is 8.63. The molecule has 1 amide bonds. The van der Waals surface area contributed by atoms with Gasteiger partial charge in [-0.15, -0.1) is 0 Å². The van der Waals surface area contributed by atoms with Crippen LogP contribution in [0.5, 0.6) is 0 Å². The molecule has 1 aromatic carbocycles. The third-order valence-electron chi connectivity index (χ3n) is 4.66. The maximum absolute atomic E-state index is 12.7. The molecule has 0 spiro atoms. The predicted molar refractivity (Wildman–Crippen MR) is 96.2 cm³/mol. The number of hydrogen-bond donors (Lipinski definition) is 1. The van der Waals surface area contributed by atoms with E-state index in [1.165, 1.54) is 0 Å². The molecule has 0 atom stereocenters. The van der Waals surface area contributed by atoms with Gasteiger partial charge in [0.1, 0.15) is 0 Å². The van der Waals surface area contributed by atoms with Gasteiger partial charge in [-0.3, -0.25) is 4.79 Å². The number of carbonyl (C=O) groups excluding carboxylic acids is 1. The highest BCUT2D eigenvalue weighted by atomic mass is 16.5. The monoisotopic (exact) mass is 333 g/mol. The first-order chi connectivity index (χ1) is 11.4. The summed E-state index contributed by atoms with van der Waals surface area (Å²) in [5, 5.41) is 9.86. The quantitative estimate of drug-likeness (QED) is 0.833. The lowest BCUT2D eigenvalue weighted by Gasteiger charge is -2.32. The molecule has 1 saturated heterocycles. The first-order valence-corrected chi connectivity index (χ1v) is 9.07. The zero-order valence-electron chi connectivity index (χ0n) is 15.3. The average Bonchev–Trinajstić information content (AvgIpc) is 2.57. The lowest BCUT2D eigenvalue weighted by molar-refractivity contribution is 0.0551. The van der Waals surface area contributed by atoms with E-state index in [2.05, 4.69) is 0 Å². The van der Waals surface area contributed by atoms with Crippen molar-refractivity contribution < 1.29 is 14.6 Å². The Morgan fingerprint density at radius 2 is 2.04 bits per heavy atom. The van der Waals surface area contributed by atoms with E-state index in [1.807, 2.05) is 49.9 Å². The highest BCUT2D eigenvalue weighted by Crippen LogP contribution is 2.20. The fourth-order valence-electron chi connectivity index (χ4n) is 3.08. The van der Waals surface area contributed by atoms with Crippen molar-refractivity contribution in [3.05, 3.63) is 35.4 Å². The van der Waals surface area contributed by atoms with Crippen LogP contribution in [0.15, 0.2) is 24.3 Å². The highest BCUT2D eigenvalue weighted by molar-refractivity contribution is 5.94. The van der Waals surface area contributed by atoms with E-state index >= 15 is 0 Å². The van der Waals surface area contributed by atoms with Crippen molar-refractivity contribution in [1.82, 2.24) is 4.90 Å². The van der Waals surface area contributed by atoms with Gasteiger partial charge >= 0.3 is 0 Å². The van der Waals surface area contributed by atoms with Gasteiger partial charge in [0, 0.05) is 31.9 Å². The van der Waals surface area contributed by atoms with Gasteiger partial charge in [-0.1, -0.05) is 12.1 Å². The second-order valence-corrected chi connectivity index (χ2v) is 7.41. The summed E-state index contributed by atoms with van der Waals surface area (Å²) in [5.74, 6) is 0.696. The van der Waals surface area contributed by atoms with Gasteiger partial charge in [-0.2, -0.15) is 0 Å². The zero-order chi connectivity index (χ0) is 17.6. The fourth-order valence-corrected chi connectivity index (χ4v) is 3.08. The number of ether oxygens (including phenoxy) is 1. The number of likely N-dealkylation sites (tertiary alicyclic amines) is 1. The largest absolute Gasteiger partial charge is 0.390 e. The topological polar surface area (TPSA) is 49.8 Å². The summed E-state index contributed by atoms with van der Waals surface area (Å²) < 4.78 is 5.50. The molecule has 0 aromatic heterocycles. The predicted octanol–water partition coefficient (Wildman–Crippen LogP) is 3.28. The summed E-state index contributed by atoms with van der Waals surface area (Å²) in [6.07, 6.45) is 3.50. The smallest absolute Gasteiger partial charge is 0.253 e. The molecule has 0 unspecified atom stereocenters. The van der Waals surface area contributed by atoms with Gasteiger partial charge in [0.2, 0.25) is 0 Å². The summed E-state index contributed by atoms with van der Waals surface area (Å²) >= 11 is 0. The number of carbonyl (C=O) groups is 1. The standard InChI is InChI=1S/C20H31NO3/c1-4-24-15-17-9-12-21(13-10-17)19(22)18-7-5-6-16(14-18)8-11-20(2,3)23/h5-7,14,17,23H,4,8-13,15H2,1-3H3. The highest BCUT2D eigenvalue weighted by Gasteiger charge is 2.24. The molecule has 0 radical (unpaired) electrons. The summed E-state index contributed by atoms with van der Waals surface area (Å²) in [6.45, 7) is 8.84. The first kappa shape index (κ1) is 18.9. The maximum atomic E-state index is 12.7. The number of aryl methyl sites for hydroxylation is 1. The Morgan fingerprint density at radius 3 is 2.67 bits per heavy atom. The first-order valence-electron chi connectivity index (χ1n) is 9.07. The number of piperidine rings is 1. The molecule has 1 N–H and O–H groups in total. The number of amides is 1. The van der Waals surface area contributed by atoms with Crippen molar-refractivity contribution in [1.29, 1.82) is 0 Å². The van der Waals surface area contributed by atoms with Gasteiger partial charge in [0.25, 0.3) is 5.91 Å². The molecule has 2 rings (SSSR count). The number of aliphatic hydroxyl groups is 1. The van der Waals surface area contributed by atoms with Crippen molar-refractivity contribution in [2.75, 3.05) is 26.3 Å². The molecule has 134 valence electrons. The Labute approximate surface area is 145 Å². The third kappa shape index (κ3) is 5.91. The Kier molecular flexibility index (Phi) is 6.81. The third-order valence-corrected chi connectivity index (χ3v) is 4.66. The second-order valence-electron chi connectivity index (χ2n) is 7.41. The minimum atomic E-state index is -0.678. The molecule has 4 nitrogen and oxygen atoms in total. The van der Waals surface area contributed by atoms with Crippen LogP contribution >= 0.6 is 0 Å². The van der Waals surface area contributed by atoms with Gasteiger partial charge in [0.15, 0.2) is 0 Å². The van der Waals surface area contributed by atoms with Crippen molar-refractivity contribution in [3.8, 4) is 0 Å². The molecule has 24 heavy (non-hydrogen) atoms. The SMILES string of the molecule is CCOCC1CCN(C(=O)c2cccc(CCC(C)(C)O)c2)CC1. The number of benzene rings is 1. The van der Waals surface area contributed by atoms with Crippen molar-refractivity contribution in [2.24, 2.45) is 5.92 Å². The van der Waals surface area contributed by atoms with Crippen LogP contribution in [0.25, 0.3) is 0 Å². The van der Waals surface area contributed by atoms with Crippen LogP contribution in [0, 0.1) is 5.92 Å². The molecular formula is C20H31NO3. The Balaban J connectivity index is 1.91. The Morgan fingerprint density at radius 1 is 1.33 bits per heavy atom. The average molecular weight is 333 g/mol. The van der Waals surface area contributed by atoms with Crippen LogP contribution in [0.2, 0.25) is 0 Å². The van der Waals surface area contributed by atoms with Crippen LogP contribution in [-0.2, 0) is 11.2 Å². The lowest BCUT2D eigenvalue weighted by atomic mass is 9.96. The van der Waals surface area contributed by atoms with Gasteiger partial charge in [-0.05, 0) is 70.1 Å². The van der Waals surface area contributed by atoms with E-state index in [-0.39, 0.29) is 5.91 Å². The van der Waals surface area contributed by atoms with Gasteiger partial charge < -0.3 is 14.7 Å². The van der Waals surface area contributed by atoms with Crippen LogP contribution in [0.4, 0.5) is 0 Å². The summed E-state index contributed by atoms with van der Waals surface area (Å²) in [6, 6.07) is 7.83. The summed E-state index contributed by atoms with van der Waals surface area (Å²) in [5.41, 5.74) is 1.18. The van der Waals surface area contributed by atoms with E-state index in [0.717, 1.165) is 56.7 Å². The van der Waals surface area contributed by atoms with Crippen LogP contribution < -0.4 is 0 Å². The molecular weight excluding hydrogens is 302 g/mol. The van der Waals surface area contributed by atoms with Crippen molar-refractivity contribution in [3.63, 3.8) is 0 Å². The fraction of sp³-hybridized carbons (Fsp3) is 0.650.